The van der Waals surface area contributed by atoms with Gasteiger partial charge >= 0.3 is 5.97 Å². The van der Waals surface area contributed by atoms with Gasteiger partial charge in [-0.05, 0) is 19.9 Å². The smallest absolute Gasteiger partial charge is 0.356 e. The maximum Gasteiger partial charge on any atom is 0.356 e. The Kier molecular flexibility index (Phi) is 3.28. The lowest BCUT2D eigenvalue weighted by atomic mass is 9.99. The van der Waals surface area contributed by atoms with Crippen LogP contribution in [-0.4, -0.2) is 52.3 Å². The Morgan fingerprint density at radius 3 is 2.79 bits per heavy atom. The van der Waals surface area contributed by atoms with E-state index in [1.54, 1.807) is 0 Å². The lowest BCUT2D eigenvalue weighted by Crippen LogP contribution is -2.32. The number of nitrogens with zero attached hydrogens (tertiary/aromatic N) is 3. The highest BCUT2D eigenvalue weighted by Crippen LogP contribution is 2.30. The van der Waals surface area contributed by atoms with Crippen molar-refractivity contribution in [2.24, 2.45) is 0 Å². The minimum absolute atomic E-state index is 0.230. The molecular formula is C13H19N3O3. The van der Waals surface area contributed by atoms with Crippen LogP contribution >= 0.6 is 0 Å². The normalized spacial score (nSPS) is 21.3. The van der Waals surface area contributed by atoms with Gasteiger partial charge in [-0.15, -0.1) is 0 Å². The van der Waals surface area contributed by atoms with Crippen LogP contribution in [0.4, 0.5) is 0 Å². The lowest BCUT2D eigenvalue weighted by Gasteiger charge is -2.28. The van der Waals surface area contributed by atoms with Gasteiger partial charge < -0.3 is 14.4 Å². The summed E-state index contributed by atoms with van der Waals surface area (Å²) in [5.41, 5.74) is 1.08. The van der Waals surface area contributed by atoms with Crippen LogP contribution < -0.4 is 0 Å². The number of carboxylic acids is 1. The number of aromatic carboxylic acids is 1. The van der Waals surface area contributed by atoms with Gasteiger partial charge in [-0.2, -0.15) is 0 Å². The van der Waals surface area contributed by atoms with Crippen LogP contribution in [0.3, 0.4) is 0 Å². The Labute approximate surface area is 112 Å². The number of hydrogen-bond donors (Lipinski definition) is 1. The van der Waals surface area contributed by atoms with Crippen molar-refractivity contribution in [1.82, 2.24) is 14.5 Å². The molecule has 0 amide bonds. The van der Waals surface area contributed by atoms with Gasteiger partial charge in [0.05, 0.1) is 5.69 Å². The molecule has 0 unspecified atom stereocenters. The van der Waals surface area contributed by atoms with Gasteiger partial charge in [0.1, 0.15) is 5.82 Å². The predicted molar refractivity (Wildman–Crippen MR) is 68.3 cm³/mol. The van der Waals surface area contributed by atoms with Gasteiger partial charge in [-0.25, -0.2) is 9.78 Å². The monoisotopic (exact) mass is 265 g/mol. The van der Waals surface area contributed by atoms with Crippen molar-refractivity contribution in [2.45, 2.75) is 31.8 Å². The van der Waals surface area contributed by atoms with E-state index in [2.05, 4.69) is 14.5 Å². The van der Waals surface area contributed by atoms with E-state index in [1.165, 1.54) is 0 Å². The molecule has 2 aliphatic rings. The van der Waals surface area contributed by atoms with Crippen molar-refractivity contribution in [1.29, 1.82) is 0 Å². The van der Waals surface area contributed by atoms with Gasteiger partial charge in [0.15, 0.2) is 5.69 Å². The van der Waals surface area contributed by atoms with Crippen LogP contribution in [0.2, 0.25) is 0 Å². The molecule has 0 bridgehead atoms. The summed E-state index contributed by atoms with van der Waals surface area (Å²) in [6.45, 7) is 3.93. The van der Waals surface area contributed by atoms with Crippen molar-refractivity contribution in [3.63, 3.8) is 0 Å². The van der Waals surface area contributed by atoms with Crippen LogP contribution in [0.15, 0.2) is 0 Å². The molecule has 0 saturated carbocycles. The molecule has 6 nitrogen and oxygen atoms in total. The topological polar surface area (TPSA) is 67.6 Å². The molecule has 19 heavy (non-hydrogen) atoms. The number of carbonyl (C=O) groups is 1. The van der Waals surface area contributed by atoms with E-state index < -0.39 is 5.97 Å². The highest BCUT2D eigenvalue weighted by atomic mass is 16.5. The Morgan fingerprint density at radius 1 is 1.37 bits per heavy atom. The first-order valence-electron chi connectivity index (χ1n) is 6.75. The molecule has 6 heteroatoms. The summed E-state index contributed by atoms with van der Waals surface area (Å²) in [6, 6.07) is 0. The number of hydrogen-bond acceptors (Lipinski definition) is 4. The number of aromatic nitrogens is 2. The summed E-state index contributed by atoms with van der Waals surface area (Å²) in [7, 11) is 2.01. The average Bonchev–Trinajstić information content (AvgIpc) is 2.78. The quantitative estimate of drug-likeness (QED) is 0.861. The molecule has 0 aromatic carbocycles. The van der Waals surface area contributed by atoms with Crippen LogP contribution in [-0.2, 0) is 17.8 Å². The number of rotatable bonds is 2. The van der Waals surface area contributed by atoms with E-state index in [9.17, 15) is 9.90 Å². The van der Waals surface area contributed by atoms with Gasteiger partial charge in [0, 0.05) is 38.8 Å². The van der Waals surface area contributed by atoms with Crippen LogP contribution in [0.25, 0.3) is 0 Å². The average molecular weight is 265 g/mol. The Balaban J connectivity index is 2.00. The molecule has 1 fully saturated rings. The first-order chi connectivity index (χ1) is 9.16. The fourth-order valence-corrected chi connectivity index (χ4v) is 2.96. The molecule has 0 spiro atoms. The molecule has 1 aromatic heterocycles. The van der Waals surface area contributed by atoms with Gasteiger partial charge in [0.25, 0.3) is 0 Å². The molecule has 2 aliphatic heterocycles. The molecule has 3 heterocycles. The third kappa shape index (κ3) is 2.26. The highest BCUT2D eigenvalue weighted by Gasteiger charge is 2.30. The summed E-state index contributed by atoms with van der Waals surface area (Å²) in [5.74, 6) is 0.366. The van der Waals surface area contributed by atoms with Crippen LogP contribution in [0.5, 0.6) is 0 Å². The van der Waals surface area contributed by atoms with E-state index in [0.29, 0.717) is 12.5 Å². The Morgan fingerprint density at radius 2 is 2.11 bits per heavy atom. The van der Waals surface area contributed by atoms with Gasteiger partial charge in [-0.3, -0.25) is 4.90 Å². The molecular weight excluding hydrogens is 246 g/mol. The first-order valence-corrected chi connectivity index (χ1v) is 6.75. The minimum atomic E-state index is -0.919. The second kappa shape index (κ2) is 4.94. The maximum absolute atomic E-state index is 11.4. The Hall–Kier alpha value is -1.40. The highest BCUT2D eigenvalue weighted by molar-refractivity contribution is 5.87. The fourth-order valence-electron chi connectivity index (χ4n) is 2.96. The molecule has 0 radical (unpaired) electrons. The van der Waals surface area contributed by atoms with E-state index in [4.69, 9.17) is 4.74 Å². The zero-order chi connectivity index (χ0) is 13.4. The van der Waals surface area contributed by atoms with E-state index in [1.807, 2.05) is 7.05 Å². The molecule has 1 N–H and O–H groups in total. The second-order valence-corrected chi connectivity index (χ2v) is 5.35. The second-order valence-electron chi connectivity index (χ2n) is 5.35. The zero-order valence-electron chi connectivity index (χ0n) is 11.1. The lowest BCUT2D eigenvalue weighted by molar-refractivity contribution is 0.0687. The Bertz CT molecular complexity index is 492. The summed E-state index contributed by atoms with van der Waals surface area (Å²) in [6.07, 6.45) is 1.87. The largest absolute Gasteiger partial charge is 0.476 e. The molecule has 0 atom stereocenters. The molecule has 1 saturated heterocycles. The maximum atomic E-state index is 11.4. The summed E-state index contributed by atoms with van der Waals surface area (Å²) < 4.78 is 7.50. The third-order valence-corrected chi connectivity index (χ3v) is 4.02. The number of carboxylic acid groups (broad SMARTS) is 1. The molecule has 104 valence electrons. The molecule has 1 aromatic rings. The first kappa shape index (κ1) is 12.6. The fraction of sp³-hybridized carbons (Fsp3) is 0.692. The predicted octanol–water partition coefficient (Wildman–Crippen LogP) is 0.921. The molecule has 0 aliphatic carbocycles. The van der Waals surface area contributed by atoms with Gasteiger partial charge in [0.2, 0.25) is 0 Å². The van der Waals surface area contributed by atoms with Crippen molar-refractivity contribution in [3.05, 3.63) is 17.2 Å². The summed E-state index contributed by atoms with van der Waals surface area (Å²) in [5, 5.41) is 9.32. The van der Waals surface area contributed by atoms with Crippen molar-refractivity contribution in [2.75, 3.05) is 26.8 Å². The van der Waals surface area contributed by atoms with E-state index >= 15 is 0 Å². The summed E-state index contributed by atoms with van der Waals surface area (Å²) >= 11 is 0. The van der Waals surface area contributed by atoms with E-state index in [-0.39, 0.29) is 5.69 Å². The zero-order valence-corrected chi connectivity index (χ0v) is 11.1. The summed E-state index contributed by atoms with van der Waals surface area (Å²) in [4.78, 5) is 17.9. The minimum Gasteiger partial charge on any atom is -0.476 e. The number of imidazole rings is 1. The van der Waals surface area contributed by atoms with Crippen LogP contribution in [0, 0.1) is 0 Å². The van der Waals surface area contributed by atoms with E-state index in [0.717, 1.165) is 50.7 Å². The molecule has 3 rings (SSSR count). The van der Waals surface area contributed by atoms with Crippen molar-refractivity contribution >= 4 is 5.97 Å². The standard InChI is InChI=1S/C13H19N3O3/c1-15-4-5-16-10(8-15)11(13(17)18)14-12(16)9-2-6-19-7-3-9/h9H,2-8H2,1H3,(H,17,18). The van der Waals surface area contributed by atoms with Crippen molar-refractivity contribution in [3.8, 4) is 0 Å². The third-order valence-electron chi connectivity index (χ3n) is 4.02. The number of likely N-dealkylation sites (N-methyl/N-ethyl adjacent to an activating group) is 1. The van der Waals surface area contributed by atoms with Gasteiger partial charge in [-0.1, -0.05) is 0 Å². The SMILES string of the molecule is CN1CCn2c(C3CCOCC3)nc(C(=O)O)c2C1. The van der Waals surface area contributed by atoms with Crippen molar-refractivity contribution < 1.29 is 14.6 Å². The number of ether oxygens (including phenoxy) is 1. The van der Waals surface area contributed by atoms with Crippen LogP contribution in [0.1, 0.15) is 40.8 Å². The number of fused-ring (bicyclic) bond motifs is 1.